The average Bonchev–Trinajstić information content (AvgIpc) is 3.63. The van der Waals surface area contributed by atoms with E-state index in [-0.39, 0.29) is 18.5 Å². The number of amides is 1. The maximum Gasteiger partial charge on any atom is 0.255 e. The number of nitrogens with one attached hydrogen (secondary N) is 1. The van der Waals surface area contributed by atoms with Crippen LogP contribution < -0.4 is 19.5 Å². The summed E-state index contributed by atoms with van der Waals surface area (Å²) in [7, 11) is 1.59. The molecule has 10 heteroatoms. The number of halogens is 1. The van der Waals surface area contributed by atoms with E-state index in [4.69, 9.17) is 14.2 Å². The van der Waals surface area contributed by atoms with E-state index in [2.05, 4.69) is 15.5 Å². The minimum atomic E-state index is -0.383. The summed E-state index contributed by atoms with van der Waals surface area (Å²) < 4.78 is 32.7. The molecule has 5 aromatic rings. The van der Waals surface area contributed by atoms with Gasteiger partial charge in [-0.05, 0) is 54.1 Å². The Morgan fingerprint density at radius 1 is 0.975 bits per heavy atom. The molecule has 6 rings (SSSR count). The van der Waals surface area contributed by atoms with Crippen LogP contribution in [0.1, 0.15) is 15.9 Å². The van der Waals surface area contributed by atoms with Crippen LogP contribution in [0.2, 0.25) is 0 Å². The lowest BCUT2D eigenvalue weighted by molar-refractivity contribution is 0.102. The molecule has 0 spiro atoms. The third-order valence-electron chi connectivity index (χ3n) is 6.27. The molecule has 1 aliphatic heterocycles. The molecule has 1 amide bonds. The smallest absolute Gasteiger partial charge is 0.255 e. The molecule has 0 saturated heterocycles. The van der Waals surface area contributed by atoms with Crippen molar-refractivity contribution in [2.75, 3.05) is 19.2 Å². The van der Waals surface area contributed by atoms with E-state index in [1.165, 1.54) is 17.8 Å². The van der Waals surface area contributed by atoms with Crippen molar-refractivity contribution in [3.8, 4) is 34.3 Å². The van der Waals surface area contributed by atoms with Gasteiger partial charge in [-0.3, -0.25) is 9.36 Å². The van der Waals surface area contributed by atoms with Crippen LogP contribution in [0, 0.1) is 5.82 Å². The number of carbonyl (C=O) groups is 1. The Morgan fingerprint density at radius 3 is 2.62 bits per heavy atom. The molecule has 0 atom stereocenters. The Balaban J connectivity index is 1.20. The van der Waals surface area contributed by atoms with Crippen molar-refractivity contribution < 1.29 is 23.4 Å². The van der Waals surface area contributed by atoms with E-state index in [0.717, 1.165) is 11.1 Å². The Bertz CT molecular complexity index is 1690. The standard InChI is InChI=1S/C30H23FN4O4S/c1-37-23-6-4-5-21(15-23)28-33-34-30(35(28)25-8-3-2-7-24(25)31)40-17-19-9-11-20(12-10-19)29(36)32-22-13-14-26-27(16-22)39-18-38-26/h2-16H,17-18H2,1H3,(H,32,36). The van der Waals surface area contributed by atoms with Crippen molar-refractivity contribution >= 4 is 23.4 Å². The number of anilines is 1. The van der Waals surface area contributed by atoms with E-state index in [1.807, 2.05) is 36.4 Å². The molecule has 1 aliphatic rings. The summed E-state index contributed by atoms with van der Waals surface area (Å²) >= 11 is 1.42. The van der Waals surface area contributed by atoms with Gasteiger partial charge in [-0.1, -0.05) is 48.2 Å². The van der Waals surface area contributed by atoms with Crippen molar-refractivity contribution in [2.45, 2.75) is 10.9 Å². The maximum absolute atomic E-state index is 14.9. The SMILES string of the molecule is COc1cccc(-c2nnc(SCc3ccc(C(=O)Nc4ccc5c(c4)OCO5)cc3)n2-c2ccccc2F)c1. The predicted octanol–water partition coefficient (Wildman–Crippen LogP) is 6.36. The summed E-state index contributed by atoms with van der Waals surface area (Å²) in [6.07, 6.45) is 0. The van der Waals surface area contributed by atoms with Crippen molar-refractivity contribution in [1.29, 1.82) is 0 Å². The van der Waals surface area contributed by atoms with Gasteiger partial charge in [0.15, 0.2) is 22.5 Å². The summed E-state index contributed by atoms with van der Waals surface area (Å²) in [6.45, 7) is 0.172. The van der Waals surface area contributed by atoms with Crippen LogP contribution in [0.4, 0.5) is 10.1 Å². The molecule has 200 valence electrons. The van der Waals surface area contributed by atoms with E-state index in [0.29, 0.717) is 50.9 Å². The van der Waals surface area contributed by atoms with Gasteiger partial charge in [0, 0.05) is 28.6 Å². The number of nitrogens with zero attached hydrogens (tertiary/aromatic N) is 3. The van der Waals surface area contributed by atoms with Crippen molar-refractivity contribution in [3.05, 3.63) is 108 Å². The molecule has 0 radical (unpaired) electrons. The van der Waals surface area contributed by atoms with Gasteiger partial charge < -0.3 is 19.5 Å². The predicted molar refractivity (Wildman–Crippen MR) is 150 cm³/mol. The number of para-hydroxylation sites is 1. The zero-order valence-electron chi connectivity index (χ0n) is 21.3. The highest BCUT2D eigenvalue weighted by molar-refractivity contribution is 7.98. The lowest BCUT2D eigenvalue weighted by Crippen LogP contribution is -2.11. The number of aromatic nitrogens is 3. The van der Waals surface area contributed by atoms with Gasteiger partial charge >= 0.3 is 0 Å². The Hall–Kier alpha value is -4.83. The van der Waals surface area contributed by atoms with Crippen LogP contribution in [0.5, 0.6) is 17.2 Å². The Kier molecular flexibility index (Phi) is 7.07. The highest BCUT2D eigenvalue weighted by atomic mass is 32.2. The quantitative estimate of drug-likeness (QED) is 0.224. The van der Waals surface area contributed by atoms with Crippen LogP contribution in [-0.2, 0) is 5.75 Å². The lowest BCUT2D eigenvalue weighted by Gasteiger charge is -2.12. The van der Waals surface area contributed by atoms with Gasteiger partial charge in [-0.2, -0.15) is 0 Å². The first-order chi connectivity index (χ1) is 19.6. The fraction of sp³-hybridized carbons (Fsp3) is 0.100. The van der Waals surface area contributed by atoms with E-state index < -0.39 is 0 Å². The molecular formula is C30H23FN4O4S. The molecule has 0 unspecified atom stereocenters. The number of benzene rings is 4. The van der Waals surface area contributed by atoms with Gasteiger partial charge in [0.2, 0.25) is 6.79 Å². The highest BCUT2D eigenvalue weighted by Gasteiger charge is 2.19. The molecular weight excluding hydrogens is 531 g/mol. The van der Waals surface area contributed by atoms with E-state index in [1.54, 1.807) is 60.2 Å². The van der Waals surface area contributed by atoms with Crippen LogP contribution in [0.15, 0.2) is 96.2 Å². The number of hydrogen-bond donors (Lipinski definition) is 1. The molecule has 1 N–H and O–H groups in total. The minimum absolute atomic E-state index is 0.172. The first-order valence-electron chi connectivity index (χ1n) is 12.4. The normalized spacial score (nSPS) is 11.8. The summed E-state index contributed by atoms with van der Waals surface area (Å²) in [5.74, 6) is 2.34. The number of rotatable bonds is 8. The summed E-state index contributed by atoms with van der Waals surface area (Å²) in [5, 5.41) is 12.2. The van der Waals surface area contributed by atoms with Crippen molar-refractivity contribution in [2.24, 2.45) is 0 Å². The first kappa shape index (κ1) is 25.4. The molecule has 4 aromatic carbocycles. The molecule has 2 heterocycles. The largest absolute Gasteiger partial charge is 0.497 e. The van der Waals surface area contributed by atoms with Crippen LogP contribution in [-0.4, -0.2) is 34.6 Å². The maximum atomic E-state index is 14.9. The zero-order valence-corrected chi connectivity index (χ0v) is 22.2. The van der Waals surface area contributed by atoms with Crippen molar-refractivity contribution in [3.63, 3.8) is 0 Å². The second kappa shape index (κ2) is 11.1. The van der Waals surface area contributed by atoms with Gasteiger partial charge in [0.1, 0.15) is 11.6 Å². The van der Waals surface area contributed by atoms with E-state index in [9.17, 15) is 9.18 Å². The zero-order chi connectivity index (χ0) is 27.5. The second-order valence-corrected chi connectivity index (χ2v) is 9.78. The lowest BCUT2D eigenvalue weighted by atomic mass is 10.1. The summed E-state index contributed by atoms with van der Waals surface area (Å²) in [4.78, 5) is 12.8. The summed E-state index contributed by atoms with van der Waals surface area (Å²) in [6, 6.07) is 26.5. The highest BCUT2D eigenvalue weighted by Crippen LogP contribution is 2.35. The number of methoxy groups -OCH3 is 1. The van der Waals surface area contributed by atoms with Crippen LogP contribution in [0.3, 0.4) is 0 Å². The molecule has 40 heavy (non-hydrogen) atoms. The summed E-state index contributed by atoms with van der Waals surface area (Å²) in [5.41, 5.74) is 3.20. The minimum Gasteiger partial charge on any atom is -0.497 e. The van der Waals surface area contributed by atoms with Gasteiger partial charge in [-0.25, -0.2) is 4.39 Å². The molecule has 8 nitrogen and oxygen atoms in total. The topological polar surface area (TPSA) is 87.5 Å². The van der Waals surface area contributed by atoms with Crippen LogP contribution >= 0.6 is 11.8 Å². The molecule has 0 saturated carbocycles. The Morgan fingerprint density at radius 2 is 1.80 bits per heavy atom. The number of thioether (sulfide) groups is 1. The fourth-order valence-electron chi connectivity index (χ4n) is 4.24. The van der Waals surface area contributed by atoms with E-state index >= 15 is 0 Å². The van der Waals surface area contributed by atoms with Gasteiger partial charge in [0.05, 0.1) is 12.8 Å². The number of ether oxygens (including phenoxy) is 3. The second-order valence-electron chi connectivity index (χ2n) is 8.83. The molecule has 1 aromatic heterocycles. The number of hydrogen-bond acceptors (Lipinski definition) is 7. The van der Waals surface area contributed by atoms with Gasteiger partial charge in [0.25, 0.3) is 5.91 Å². The van der Waals surface area contributed by atoms with Gasteiger partial charge in [-0.15, -0.1) is 10.2 Å². The van der Waals surface area contributed by atoms with Crippen molar-refractivity contribution in [1.82, 2.24) is 14.8 Å². The average molecular weight is 555 g/mol. The third kappa shape index (κ3) is 5.21. The molecule has 0 aliphatic carbocycles. The molecule has 0 bridgehead atoms. The first-order valence-corrected chi connectivity index (χ1v) is 13.3. The van der Waals surface area contributed by atoms with Crippen LogP contribution in [0.25, 0.3) is 17.1 Å². The fourth-order valence-corrected chi connectivity index (χ4v) is 5.14. The monoisotopic (exact) mass is 554 g/mol. The number of carbonyl (C=O) groups excluding carboxylic acids is 1. The molecule has 0 fully saturated rings. The Labute approximate surface area is 233 Å². The number of fused-ring (bicyclic) bond motifs is 1. The third-order valence-corrected chi connectivity index (χ3v) is 7.27.